The molecular weight excluding hydrogens is 432 g/mol. The molecule has 0 saturated carbocycles. The Kier molecular flexibility index (Phi) is 6.79. The van der Waals surface area contributed by atoms with Crippen molar-refractivity contribution in [2.75, 3.05) is 43.1 Å². The predicted octanol–water partition coefficient (Wildman–Crippen LogP) is 4.23. The van der Waals surface area contributed by atoms with Crippen molar-refractivity contribution in [1.82, 2.24) is 14.9 Å². The summed E-state index contributed by atoms with van der Waals surface area (Å²) in [7, 11) is 4.02. The highest BCUT2D eigenvalue weighted by Gasteiger charge is 2.09. The molecule has 3 aromatic rings. The van der Waals surface area contributed by atoms with Gasteiger partial charge in [-0.3, -0.25) is 4.79 Å². The lowest BCUT2D eigenvalue weighted by Crippen LogP contribution is -2.21. The van der Waals surface area contributed by atoms with Crippen LogP contribution in [0.3, 0.4) is 0 Å². The van der Waals surface area contributed by atoms with E-state index in [0.29, 0.717) is 11.6 Å². The third-order valence-corrected chi connectivity index (χ3v) is 4.79. The fraction of sp³-hybridized carbons (Fsp3) is 0.190. The van der Waals surface area contributed by atoms with Crippen molar-refractivity contribution in [2.24, 2.45) is 0 Å². The first kappa shape index (κ1) is 20.8. The molecule has 0 aliphatic rings. The number of anilines is 4. The summed E-state index contributed by atoms with van der Waals surface area (Å²) in [5.74, 6) is 0.197. The van der Waals surface area contributed by atoms with Crippen LogP contribution in [0.15, 0.2) is 59.7 Å². The van der Waals surface area contributed by atoms with Gasteiger partial charge in [0.25, 0.3) is 0 Å². The second-order valence-corrected chi connectivity index (χ2v) is 7.53. The topological polar surface area (TPSA) is 82.2 Å². The van der Waals surface area contributed by atoms with Crippen molar-refractivity contribution in [3.8, 4) is 0 Å². The molecule has 3 N–H and O–H groups in total. The van der Waals surface area contributed by atoms with Gasteiger partial charge in [-0.15, -0.1) is 0 Å². The lowest BCUT2D eigenvalue weighted by atomic mass is 10.2. The monoisotopic (exact) mass is 454 g/mol. The Morgan fingerprint density at radius 3 is 2.83 bits per heavy atom. The highest BCUT2D eigenvalue weighted by Crippen LogP contribution is 2.28. The van der Waals surface area contributed by atoms with Crippen molar-refractivity contribution in [2.45, 2.75) is 0 Å². The molecular formula is C21H23BrN6O. The quantitative estimate of drug-likeness (QED) is 0.441. The Morgan fingerprint density at radius 1 is 1.24 bits per heavy atom. The van der Waals surface area contributed by atoms with Gasteiger partial charge in [-0.2, -0.15) is 0 Å². The van der Waals surface area contributed by atoms with E-state index in [-0.39, 0.29) is 5.91 Å². The second kappa shape index (κ2) is 9.49. The fourth-order valence-corrected chi connectivity index (χ4v) is 3.16. The van der Waals surface area contributed by atoms with Crippen LogP contribution in [0.25, 0.3) is 10.9 Å². The molecule has 0 fully saturated rings. The van der Waals surface area contributed by atoms with Crippen molar-refractivity contribution in [3.63, 3.8) is 0 Å². The number of amides is 1. The van der Waals surface area contributed by atoms with Crippen molar-refractivity contribution < 1.29 is 4.79 Å². The molecule has 1 heterocycles. The maximum Gasteiger partial charge on any atom is 0.247 e. The van der Waals surface area contributed by atoms with Crippen LogP contribution in [0, 0.1) is 0 Å². The lowest BCUT2D eigenvalue weighted by Gasteiger charge is -2.16. The maximum atomic E-state index is 11.9. The minimum Gasteiger partial charge on any atom is -0.382 e. The Bertz CT molecular complexity index is 1040. The molecule has 7 nitrogen and oxygen atoms in total. The smallest absolute Gasteiger partial charge is 0.247 e. The number of benzene rings is 2. The summed E-state index contributed by atoms with van der Waals surface area (Å²) in [6, 6.07) is 11.5. The van der Waals surface area contributed by atoms with Gasteiger partial charge in [0, 0.05) is 34.8 Å². The molecule has 8 heteroatoms. The van der Waals surface area contributed by atoms with E-state index >= 15 is 0 Å². The molecule has 3 rings (SSSR count). The number of fused-ring (bicyclic) bond motifs is 1. The number of aromatic nitrogens is 2. The molecule has 0 atom stereocenters. The lowest BCUT2D eigenvalue weighted by molar-refractivity contribution is -0.111. The Hall–Kier alpha value is -2.97. The number of rotatable bonds is 8. The highest BCUT2D eigenvalue weighted by atomic mass is 79.9. The Balaban J connectivity index is 1.85. The number of hydrogen-bond acceptors (Lipinski definition) is 6. The summed E-state index contributed by atoms with van der Waals surface area (Å²) in [6.45, 7) is 5.14. The molecule has 1 amide bonds. The Labute approximate surface area is 178 Å². The normalized spacial score (nSPS) is 10.8. The van der Waals surface area contributed by atoms with Gasteiger partial charge in [-0.05, 0) is 60.4 Å². The number of halogens is 1. The molecule has 0 aliphatic heterocycles. The van der Waals surface area contributed by atoms with Gasteiger partial charge < -0.3 is 20.9 Å². The van der Waals surface area contributed by atoms with E-state index in [1.165, 1.54) is 6.08 Å². The summed E-state index contributed by atoms with van der Waals surface area (Å²) >= 11 is 3.52. The van der Waals surface area contributed by atoms with E-state index < -0.39 is 0 Å². The minimum absolute atomic E-state index is 0.274. The third-order valence-electron chi connectivity index (χ3n) is 4.16. The van der Waals surface area contributed by atoms with E-state index in [1.807, 2.05) is 50.5 Å². The van der Waals surface area contributed by atoms with Crippen molar-refractivity contribution in [3.05, 3.63) is 59.7 Å². The van der Waals surface area contributed by atoms with Gasteiger partial charge >= 0.3 is 0 Å². The predicted molar refractivity (Wildman–Crippen MR) is 123 cm³/mol. The first-order valence-electron chi connectivity index (χ1n) is 9.10. The molecule has 0 spiro atoms. The fourth-order valence-electron chi connectivity index (χ4n) is 2.69. The molecule has 0 radical (unpaired) electrons. The zero-order chi connectivity index (χ0) is 20.8. The van der Waals surface area contributed by atoms with E-state index in [1.54, 1.807) is 6.20 Å². The Morgan fingerprint density at radius 2 is 2.07 bits per heavy atom. The average Bonchev–Trinajstić information content (AvgIpc) is 2.70. The van der Waals surface area contributed by atoms with Crippen LogP contribution in [0.4, 0.5) is 23.0 Å². The van der Waals surface area contributed by atoms with Gasteiger partial charge in [0.05, 0.1) is 16.9 Å². The number of nitrogens with zero attached hydrogens (tertiary/aromatic N) is 3. The number of para-hydroxylation sites is 1. The first-order chi connectivity index (χ1) is 14.0. The summed E-state index contributed by atoms with van der Waals surface area (Å²) in [5, 5.41) is 10.3. The van der Waals surface area contributed by atoms with Crippen molar-refractivity contribution >= 4 is 55.8 Å². The van der Waals surface area contributed by atoms with Crippen LogP contribution in [0.5, 0.6) is 0 Å². The number of carbonyl (C=O) groups is 1. The number of likely N-dealkylation sites (N-methyl/N-ethyl adjacent to an activating group) is 1. The van der Waals surface area contributed by atoms with Crippen LogP contribution in [-0.2, 0) is 4.79 Å². The molecule has 29 heavy (non-hydrogen) atoms. The molecule has 0 unspecified atom stereocenters. The van der Waals surface area contributed by atoms with Gasteiger partial charge in [-0.1, -0.05) is 18.7 Å². The second-order valence-electron chi connectivity index (χ2n) is 6.68. The summed E-state index contributed by atoms with van der Waals surface area (Å²) in [5.41, 5.74) is 3.07. The number of hydrogen-bond donors (Lipinski definition) is 3. The summed E-state index contributed by atoms with van der Waals surface area (Å²) in [4.78, 5) is 22.9. The van der Waals surface area contributed by atoms with E-state index in [9.17, 15) is 4.79 Å². The molecule has 0 aliphatic carbocycles. The minimum atomic E-state index is -0.274. The van der Waals surface area contributed by atoms with Gasteiger partial charge in [0.2, 0.25) is 11.9 Å². The highest BCUT2D eigenvalue weighted by molar-refractivity contribution is 9.10. The largest absolute Gasteiger partial charge is 0.382 e. The molecule has 0 saturated heterocycles. The van der Waals surface area contributed by atoms with E-state index in [2.05, 4.69) is 53.3 Å². The average molecular weight is 455 g/mol. The maximum absolute atomic E-state index is 11.9. The van der Waals surface area contributed by atoms with E-state index in [4.69, 9.17) is 0 Å². The zero-order valence-electron chi connectivity index (χ0n) is 16.4. The van der Waals surface area contributed by atoms with Gasteiger partial charge in [-0.25, -0.2) is 9.97 Å². The molecule has 1 aromatic heterocycles. The van der Waals surface area contributed by atoms with Crippen LogP contribution < -0.4 is 16.0 Å². The standard InChI is InChI=1S/C21H23BrN6O/c1-4-19(29)26-18-12-15(8-9-17(18)23-10-11-28(2)3)25-21-24-13-14-6-5-7-16(22)20(14)27-21/h4-9,12-13,23H,1,10-11H2,2-3H3,(H,26,29)(H,24,25,27). The van der Waals surface area contributed by atoms with Gasteiger partial charge in [0.15, 0.2) is 0 Å². The van der Waals surface area contributed by atoms with Crippen LogP contribution in [-0.4, -0.2) is 48.0 Å². The zero-order valence-corrected chi connectivity index (χ0v) is 18.0. The van der Waals surface area contributed by atoms with Gasteiger partial charge in [0.1, 0.15) is 0 Å². The number of carbonyl (C=O) groups excluding carboxylic acids is 1. The third kappa shape index (κ3) is 5.52. The summed E-state index contributed by atoms with van der Waals surface area (Å²) < 4.78 is 0.903. The van der Waals surface area contributed by atoms with Crippen LogP contribution in [0.1, 0.15) is 0 Å². The molecule has 2 aromatic carbocycles. The van der Waals surface area contributed by atoms with Crippen molar-refractivity contribution in [1.29, 1.82) is 0 Å². The molecule has 0 bridgehead atoms. The van der Waals surface area contributed by atoms with Crippen LogP contribution in [0.2, 0.25) is 0 Å². The molecule has 150 valence electrons. The SMILES string of the molecule is C=CC(=O)Nc1cc(Nc2ncc3cccc(Br)c3n2)ccc1NCCN(C)C. The van der Waals surface area contributed by atoms with E-state index in [0.717, 1.165) is 39.8 Å². The van der Waals surface area contributed by atoms with Crippen LogP contribution >= 0.6 is 15.9 Å². The summed E-state index contributed by atoms with van der Waals surface area (Å²) in [6.07, 6.45) is 3.01. The number of nitrogens with one attached hydrogen (secondary N) is 3. The first-order valence-corrected chi connectivity index (χ1v) is 9.90.